The number of halogens is 1. The molecule has 0 spiro atoms. The molecular weight excluding hydrogens is 278 g/mol. The minimum Gasteiger partial charge on any atom is -0.303 e. The van der Waals surface area contributed by atoms with Gasteiger partial charge in [0.05, 0.1) is 0 Å². The Morgan fingerprint density at radius 3 is 2.42 bits per heavy atom. The van der Waals surface area contributed by atoms with Crippen LogP contribution in [0.4, 0.5) is 0 Å². The van der Waals surface area contributed by atoms with Gasteiger partial charge < -0.3 is 4.90 Å². The Kier molecular flexibility index (Phi) is 7.73. The summed E-state index contributed by atoms with van der Waals surface area (Å²) >= 11 is 7.96. The predicted octanol–water partition coefficient (Wildman–Crippen LogP) is 3.82. The van der Waals surface area contributed by atoms with Crippen LogP contribution in [0.15, 0.2) is 5.03 Å². The van der Waals surface area contributed by atoms with Gasteiger partial charge in [-0.1, -0.05) is 32.4 Å². The quantitative estimate of drug-likeness (QED) is 0.539. The van der Waals surface area contributed by atoms with Crippen molar-refractivity contribution in [2.45, 2.75) is 45.6 Å². The molecule has 0 unspecified atom stereocenters. The van der Waals surface area contributed by atoms with E-state index < -0.39 is 0 Å². The van der Waals surface area contributed by atoms with Crippen molar-refractivity contribution >= 4 is 23.4 Å². The minimum atomic E-state index is 0.601. The maximum absolute atomic E-state index is 6.18. The van der Waals surface area contributed by atoms with Crippen molar-refractivity contribution in [1.82, 2.24) is 14.9 Å². The normalized spacial score (nSPS) is 11.3. The van der Waals surface area contributed by atoms with Gasteiger partial charge in [-0.05, 0) is 26.4 Å². The molecule has 0 N–H and O–H groups in total. The van der Waals surface area contributed by atoms with Gasteiger partial charge >= 0.3 is 0 Å². The van der Waals surface area contributed by atoms with Crippen LogP contribution in [-0.4, -0.2) is 40.3 Å². The van der Waals surface area contributed by atoms with Gasteiger partial charge in [-0.15, -0.1) is 11.8 Å². The summed E-state index contributed by atoms with van der Waals surface area (Å²) in [7, 11) is 0. The lowest BCUT2D eigenvalue weighted by atomic mass is 10.3. The standard InChI is InChI=1S/C14H24ClN3S/c1-5-8-12-16-13(15)11(4)14(17-12)19-10-9-18(6-2)7-3/h5-10H2,1-4H3. The van der Waals surface area contributed by atoms with E-state index in [2.05, 4.69) is 35.6 Å². The first-order valence-electron chi connectivity index (χ1n) is 7.00. The van der Waals surface area contributed by atoms with Gasteiger partial charge in [0.25, 0.3) is 0 Å². The van der Waals surface area contributed by atoms with E-state index in [1.165, 1.54) is 0 Å². The molecule has 0 aliphatic carbocycles. The van der Waals surface area contributed by atoms with Crippen LogP contribution in [0.2, 0.25) is 5.15 Å². The lowest BCUT2D eigenvalue weighted by Gasteiger charge is -2.17. The van der Waals surface area contributed by atoms with E-state index in [1.807, 2.05) is 6.92 Å². The number of nitrogens with zero attached hydrogens (tertiary/aromatic N) is 3. The smallest absolute Gasteiger partial charge is 0.136 e. The summed E-state index contributed by atoms with van der Waals surface area (Å²) < 4.78 is 0. The zero-order chi connectivity index (χ0) is 14.3. The molecule has 1 aromatic heterocycles. The largest absolute Gasteiger partial charge is 0.303 e. The molecule has 1 aromatic rings. The highest BCUT2D eigenvalue weighted by Gasteiger charge is 2.10. The lowest BCUT2D eigenvalue weighted by Crippen LogP contribution is -2.25. The second-order valence-electron chi connectivity index (χ2n) is 4.49. The molecule has 0 saturated heterocycles. The summed E-state index contributed by atoms with van der Waals surface area (Å²) in [6, 6.07) is 0. The molecule has 108 valence electrons. The monoisotopic (exact) mass is 301 g/mol. The predicted molar refractivity (Wildman–Crippen MR) is 84.3 cm³/mol. The van der Waals surface area contributed by atoms with Crippen LogP contribution in [0, 0.1) is 6.92 Å². The van der Waals surface area contributed by atoms with Crippen molar-refractivity contribution in [3.05, 3.63) is 16.5 Å². The maximum atomic E-state index is 6.18. The number of aryl methyl sites for hydroxylation is 1. The summed E-state index contributed by atoms with van der Waals surface area (Å²) in [6.07, 6.45) is 1.94. The SMILES string of the molecule is CCCc1nc(Cl)c(C)c(SCCN(CC)CC)n1. The fraction of sp³-hybridized carbons (Fsp3) is 0.714. The number of rotatable bonds is 8. The second kappa shape index (κ2) is 8.77. The summed E-state index contributed by atoms with van der Waals surface area (Å²) in [4.78, 5) is 11.4. The number of hydrogen-bond acceptors (Lipinski definition) is 4. The first kappa shape index (κ1) is 16.7. The summed E-state index contributed by atoms with van der Waals surface area (Å²) in [6.45, 7) is 11.8. The topological polar surface area (TPSA) is 29.0 Å². The van der Waals surface area contributed by atoms with Gasteiger partial charge in [0.2, 0.25) is 0 Å². The van der Waals surface area contributed by atoms with Gasteiger partial charge in [0.1, 0.15) is 16.0 Å². The van der Waals surface area contributed by atoms with Gasteiger partial charge in [0, 0.05) is 24.3 Å². The lowest BCUT2D eigenvalue weighted by molar-refractivity contribution is 0.324. The van der Waals surface area contributed by atoms with Gasteiger partial charge in [0.15, 0.2) is 0 Å². The third-order valence-corrected chi connectivity index (χ3v) is 4.53. The van der Waals surface area contributed by atoms with Crippen molar-refractivity contribution in [3.63, 3.8) is 0 Å². The van der Waals surface area contributed by atoms with Gasteiger partial charge in [-0.25, -0.2) is 9.97 Å². The second-order valence-corrected chi connectivity index (χ2v) is 5.93. The molecule has 0 aliphatic rings. The Balaban J connectivity index is 2.66. The van der Waals surface area contributed by atoms with E-state index in [0.29, 0.717) is 5.15 Å². The molecule has 0 radical (unpaired) electrons. The minimum absolute atomic E-state index is 0.601. The molecule has 3 nitrogen and oxygen atoms in total. The number of aromatic nitrogens is 2. The Hall–Kier alpha value is -0.320. The van der Waals surface area contributed by atoms with E-state index in [9.17, 15) is 0 Å². The molecule has 0 aliphatic heterocycles. The Bertz CT molecular complexity index is 395. The fourth-order valence-corrected chi connectivity index (χ4v) is 3.07. The van der Waals surface area contributed by atoms with Crippen molar-refractivity contribution in [2.75, 3.05) is 25.4 Å². The molecule has 0 bridgehead atoms. The average Bonchev–Trinajstić information content (AvgIpc) is 2.40. The number of thioether (sulfide) groups is 1. The molecule has 5 heteroatoms. The van der Waals surface area contributed by atoms with Crippen LogP contribution in [0.1, 0.15) is 38.6 Å². The van der Waals surface area contributed by atoms with Crippen LogP contribution in [0.25, 0.3) is 0 Å². The van der Waals surface area contributed by atoms with Gasteiger partial charge in [-0.2, -0.15) is 0 Å². The molecule has 1 heterocycles. The summed E-state index contributed by atoms with van der Waals surface area (Å²) in [5.74, 6) is 1.91. The average molecular weight is 302 g/mol. The molecular formula is C14H24ClN3S. The highest BCUT2D eigenvalue weighted by molar-refractivity contribution is 7.99. The zero-order valence-electron chi connectivity index (χ0n) is 12.4. The maximum Gasteiger partial charge on any atom is 0.136 e. The van der Waals surface area contributed by atoms with E-state index >= 15 is 0 Å². The van der Waals surface area contributed by atoms with E-state index in [0.717, 1.165) is 54.6 Å². The molecule has 0 atom stereocenters. The van der Waals surface area contributed by atoms with Crippen molar-refractivity contribution in [2.24, 2.45) is 0 Å². The number of hydrogen-bond donors (Lipinski definition) is 0. The van der Waals surface area contributed by atoms with Gasteiger partial charge in [-0.3, -0.25) is 0 Å². The van der Waals surface area contributed by atoms with E-state index in [1.54, 1.807) is 11.8 Å². The summed E-state index contributed by atoms with van der Waals surface area (Å²) in [5.41, 5.74) is 1.01. The van der Waals surface area contributed by atoms with Crippen LogP contribution in [-0.2, 0) is 6.42 Å². The Labute approximate surface area is 126 Å². The van der Waals surface area contributed by atoms with Crippen molar-refractivity contribution in [3.8, 4) is 0 Å². The van der Waals surface area contributed by atoms with E-state index in [4.69, 9.17) is 11.6 Å². The Morgan fingerprint density at radius 1 is 1.16 bits per heavy atom. The highest BCUT2D eigenvalue weighted by atomic mass is 35.5. The van der Waals surface area contributed by atoms with Crippen LogP contribution in [0.5, 0.6) is 0 Å². The molecule has 1 rings (SSSR count). The first-order valence-corrected chi connectivity index (χ1v) is 8.36. The van der Waals surface area contributed by atoms with Crippen LogP contribution in [0.3, 0.4) is 0 Å². The van der Waals surface area contributed by atoms with Crippen LogP contribution >= 0.6 is 23.4 Å². The third-order valence-electron chi connectivity index (χ3n) is 3.10. The molecule has 0 fully saturated rings. The fourth-order valence-electron chi connectivity index (χ4n) is 1.80. The third kappa shape index (κ3) is 5.28. The van der Waals surface area contributed by atoms with Crippen LogP contribution < -0.4 is 0 Å². The molecule has 19 heavy (non-hydrogen) atoms. The molecule has 0 aromatic carbocycles. The first-order chi connectivity index (χ1) is 9.12. The summed E-state index contributed by atoms with van der Waals surface area (Å²) in [5, 5.41) is 1.64. The highest BCUT2D eigenvalue weighted by Crippen LogP contribution is 2.25. The van der Waals surface area contributed by atoms with Crippen molar-refractivity contribution < 1.29 is 0 Å². The molecule has 0 saturated carbocycles. The van der Waals surface area contributed by atoms with Crippen molar-refractivity contribution in [1.29, 1.82) is 0 Å². The zero-order valence-corrected chi connectivity index (χ0v) is 13.9. The molecule has 0 amide bonds. The Morgan fingerprint density at radius 2 is 1.84 bits per heavy atom. The van der Waals surface area contributed by atoms with E-state index in [-0.39, 0.29) is 0 Å².